The Labute approximate surface area is 143 Å². The Morgan fingerprint density at radius 3 is 2.25 bits per heavy atom. The van der Waals surface area contributed by atoms with Crippen LogP contribution < -0.4 is 0 Å². The number of carbonyl (C=O) groups is 1. The summed E-state index contributed by atoms with van der Waals surface area (Å²) in [6.45, 7) is 3.87. The molecule has 2 aromatic carbocycles. The maximum atomic E-state index is 13.0. The van der Waals surface area contributed by atoms with Crippen LogP contribution in [-0.4, -0.2) is 20.0 Å². The second-order valence-electron chi connectivity index (χ2n) is 6.75. The zero-order valence-corrected chi connectivity index (χ0v) is 14.9. The van der Waals surface area contributed by atoms with E-state index in [2.05, 4.69) is 0 Å². The van der Waals surface area contributed by atoms with E-state index in [4.69, 9.17) is 0 Å². The molecule has 4 heteroatoms. The fraction of sp³-hybridized carbons (Fsp3) is 0.350. The molecule has 0 bridgehead atoms. The van der Waals surface area contributed by atoms with Gasteiger partial charge in [0, 0.05) is 6.42 Å². The van der Waals surface area contributed by atoms with Crippen LogP contribution >= 0.6 is 0 Å². The molecule has 0 spiro atoms. The van der Waals surface area contributed by atoms with Crippen molar-refractivity contribution in [3.05, 3.63) is 65.2 Å². The van der Waals surface area contributed by atoms with Gasteiger partial charge in [0.1, 0.15) is 5.78 Å². The SMILES string of the molecule is Cc1ccc(S(=O)(=O)C[C@@]2(c3ccccc3C)CCCC2=O)cc1. The van der Waals surface area contributed by atoms with E-state index < -0.39 is 15.3 Å². The van der Waals surface area contributed by atoms with E-state index in [0.29, 0.717) is 17.7 Å². The summed E-state index contributed by atoms with van der Waals surface area (Å²) in [5.74, 6) is -0.0975. The van der Waals surface area contributed by atoms with Gasteiger partial charge in [0.2, 0.25) is 0 Å². The molecule has 1 aliphatic carbocycles. The molecule has 1 aliphatic rings. The van der Waals surface area contributed by atoms with Crippen LogP contribution in [0.1, 0.15) is 36.0 Å². The van der Waals surface area contributed by atoms with E-state index >= 15 is 0 Å². The van der Waals surface area contributed by atoms with Gasteiger partial charge in [0.05, 0.1) is 16.1 Å². The monoisotopic (exact) mass is 342 g/mol. The normalized spacial score (nSPS) is 21.2. The van der Waals surface area contributed by atoms with Crippen LogP contribution in [0.15, 0.2) is 53.4 Å². The van der Waals surface area contributed by atoms with Crippen LogP contribution in [0.5, 0.6) is 0 Å². The number of carbonyl (C=O) groups excluding carboxylic acids is 1. The second-order valence-corrected chi connectivity index (χ2v) is 8.74. The van der Waals surface area contributed by atoms with E-state index in [-0.39, 0.29) is 11.5 Å². The minimum Gasteiger partial charge on any atom is -0.299 e. The van der Waals surface area contributed by atoms with Crippen molar-refractivity contribution in [3.8, 4) is 0 Å². The molecular formula is C20H22O3S. The number of rotatable bonds is 4. The van der Waals surface area contributed by atoms with Gasteiger partial charge < -0.3 is 0 Å². The van der Waals surface area contributed by atoms with Crippen molar-refractivity contribution in [2.45, 2.75) is 43.4 Å². The quantitative estimate of drug-likeness (QED) is 0.850. The van der Waals surface area contributed by atoms with Crippen LogP contribution in [0, 0.1) is 13.8 Å². The van der Waals surface area contributed by atoms with Crippen molar-refractivity contribution in [3.63, 3.8) is 0 Å². The second kappa shape index (κ2) is 6.17. The predicted octanol–water partition coefficient (Wildman–Crippen LogP) is 3.77. The molecule has 0 aliphatic heterocycles. The summed E-state index contributed by atoms with van der Waals surface area (Å²) in [5.41, 5.74) is 1.95. The first-order chi connectivity index (χ1) is 11.3. The van der Waals surface area contributed by atoms with Gasteiger partial charge in [0.25, 0.3) is 0 Å². The lowest BCUT2D eigenvalue weighted by molar-refractivity contribution is -0.121. The zero-order valence-electron chi connectivity index (χ0n) is 14.1. The number of ketones is 1. The lowest BCUT2D eigenvalue weighted by Crippen LogP contribution is -2.39. The molecule has 0 amide bonds. The van der Waals surface area contributed by atoms with E-state index in [1.807, 2.05) is 38.1 Å². The standard InChI is InChI=1S/C20H22O3S/c1-15-9-11-17(12-10-15)24(22,23)14-20(13-5-8-19(20)21)18-7-4-3-6-16(18)2/h3-4,6-7,9-12H,5,8,13-14H2,1-2H3/t20-/m1/s1. The molecule has 1 fully saturated rings. The molecular weight excluding hydrogens is 320 g/mol. The number of hydrogen-bond acceptors (Lipinski definition) is 3. The minimum atomic E-state index is -3.54. The van der Waals surface area contributed by atoms with Gasteiger partial charge in [-0.1, -0.05) is 42.0 Å². The summed E-state index contributed by atoms with van der Waals surface area (Å²) in [6.07, 6.45) is 1.80. The first-order valence-electron chi connectivity index (χ1n) is 8.24. The number of sulfone groups is 1. The third kappa shape index (κ3) is 2.91. The summed E-state index contributed by atoms with van der Waals surface area (Å²) in [7, 11) is -3.54. The van der Waals surface area contributed by atoms with E-state index in [9.17, 15) is 13.2 Å². The molecule has 24 heavy (non-hydrogen) atoms. The van der Waals surface area contributed by atoms with Gasteiger partial charge in [-0.05, 0) is 49.9 Å². The van der Waals surface area contributed by atoms with Gasteiger partial charge in [-0.3, -0.25) is 4.79 Å². The molecule has 0 unspecified atom stereocenters. The number of benzene rings is 2. The Hall–Kier alpha value is -1.94. The first-order valence-corrected chi connectivity index (χ1v) is 9.89. The topological polar surface area (TPSA) is 51.2 Å². The Balaban J connectivity index is 2.07. The summed E-state index contributed by atoms with van der Waals surface area (Å²) in [5, 5.41) is 0. The predicted molar refractivity (Wildman–Crippen MR) is 94.9 cm³/mol. The van der Waals surface area contributed by atoms with Crippen LogP contribution in [0.4, 0.5) is 0 Å². The van der Waals surface area contributed by atoms with Crippen molar-refractivity contribution in [1.82, 2.24) is 0 Å². The maximum absolute atomic E-state index is 13.0. The molecule has 1 saturated carbocycles. The van der Waals surface area contributed by atoms with E-state index in [0.717, 1.165) is 23.1 Å². The minimum absolute atomic E-state index is 0.0486. The van der Waals surface area contributed by atoms with E-state index in [1.54, 1.807) is 24.3 Å². The van der Waals surface area contributed by atoms with Crippen LogP contribution in [0.3, 0.4) is 0 Å². The Bertz CT molecular complexity index is 866. The summed E-state index contributed by atoms with van der Waals surface area (Å²) < 4.78 is 26.0. The average Bonchev–Trinajstić information content (AvgIpc) is 2.89. The summed E-state index contributed by atoms with van der Waals surface area (Å²) in [4.78, 5) is 13.0. The van der Waals surface area contributed by atoms with Gasteiger partial charge in [0.15, 0.2) is 9.84 Å². The smallest absolute Gasteiger partial charge is 0.179 e. The van der Waals surface area contributed by atoms with Gasteiger partial charge in [-0.25, -0.2) is 8.42 Å². The van der Waals surface area contributed by atoms with Crippen molar-refractivity contribution in [2.24, 2.45) is 0 Å². The Morgan fingerprint density at radius 1 is 1.00 bits per heavy atom. The van der Waals surface area contributed by atoms with Crippen LogP contribution in [-0.2, 0) is 20.0 Å². The molecule has 0 saturated heterocycles. The largest absolute Gasteiger partial charge is 0.299 e. The van der Waals surface area contributed by atoms with Crippen LogP contribution in [0.25, 0.3) is 0 Å². The van der Waals surface area contributed by atoms with Gasteiger partial charge in [-0.15, -0.1) is 0 Å². The highest BCUT2D eigenvalue weighted by atomic mass is 32.2. The summed E-state index contributed by atoms with van der Waals surface area (Å²) in [6, 6.07) is 14.5. The number of Topliss-reactive ketones (excluding diaryl/α,β-unsaturated/α-hetero) is 1. The van der Waals surface area contributed by atoms with Crippen molar-refractivity contribution in [2.75, 3.05) is 5.75 Å². The third-order valence-corrected chi connectivity index (χ3v) is 6.88. The molecule has 1 atom stereocenters. The lowest BCUT2D eigenvalue weighted by Gasteiger charge is -2.29. The fourth-order valence-corrected chi connectivity index (χ4v) is 5.53. The van der Waals surface area contributed by atoms with Crippen molar-refractivity contribution >= 4 is 15.6 Å². The molecule has 0 radical (unpaired) electrons. The molecule has 2 aromatic rings. The first kappa shape index (κ1) is 16.9. The Morgan fingerprint density at radius 2 is 1.67 bits per heavy atom. The van der Waals surface area contributed by atoms with Crippen molar-refractivity contribution < 1.29 is 13.2 Å². The highest BCUT2D eigenvalue weighted by molar-refractivity contribution is 7.91. The maximum Gasteiger partial charge on any atom is 0.179 e. The number of aryl methyl sites for hydroxylation is 2. The third-order valence-electron chi connectivity index (χ3n) is 5.02. The number of hydrogen-bond donors (Lipinski definition) is 0. The fourth-order valence-electron chi connectivity index (χ4n) is 3.71. The molecule has 3 rings (SSSR count). The lowest BCUT2D eigenvalue weighted by atomic mass is 9.78. The highest BCUT2D eigenvalue weighted by Crippen LogP contribution is 2.41. The molecule has 3 nitrogen and oxygen atoms in total. The summed E-state index contributed by atoms with van der Waals surface area (Å²) >= 11 is 0. The van der Waals surface area contributed by atoms with Crippen LogP contribution in [0.2, 0.25) is 0 Å². The molecule has 126 valence electrons. The Kier molecular flexibility index (Phi) is 4.35. The van der Waals surface area contributed by atoms with E-state index in [1.165, 1.54) is 0 Å². The molecule has 0 N–H and O–H groups in total. The molecule has 0 heterocycles. The van der Waals surface area contributed by atoms with Crippen molar-refractivity contribution in [1.29, 1.82) is 0 Å². The average molecular weight is 342 g/mol. The molecule has 0 aromatic heterocycles. The zero-order chi connectivity index (χ0) is 17.4. The van der Waals surface area contributed by atoms with Gasteiger partial charge >= 0.3 is 0 Å². The highest BCUT2D eigenvalue weighted by Gasteiger charge is 2.47. The van der Waals surface area contributed by atoms with Gasteiger partial charge in [-0.2, -0.15) is 0 Å².